The molecule has 5 heteroatoms. The van der Waals surface area contributed by atoms with Gasteiger partial charge >= 0.3 is 0 Å². The monoisotopic (exact) mass is 183 g/mol. The van der Waals surface area contributed by atoms with Crippen molar-refractivity contribution in [1.82, 2.24) is 9.78 Å². The first-order chi connectivity index (χ1) is 5.94. The molecule has 13 heavy (non-hydrogen) atoms. The zero-order chi connectivity index (χ0) is 10.1. The van der Waals surface area contributed by atoms with Crippen molar-refractivity contribution in [3.8, 4) is 5.82 Å². The van der Waals surface area contributed by atoms with Crippen LogP contribution in [0, 0.1) is 0 Å². The fourth-order valence-corrected chi connectivity index (χ4v) is 0.627. The Labute approximate surface area is 76.5 Å². The second-order valence-electron chi connectivity index (χ2n) is 3.68. The molecule has 0 fully saturated rings. The molecule has 0 saturated carbocycles. The topological polar surface area (TPSA) is 70.1 Å². The van der Waals surface area contributed by atoms with Gasteiger partial charge in [-0.2, -0.15) is 0 Å². The van der Waals surface area contributed by atoms with Gasteiger partial charge in [-0.05, 0) is 20.8 Å². The lowest BCUT2D eigenvalue weighted by molar-refractivity contribution is -0.138. The van der Waals surface area contributed by atoms with E-state index in [0.717, 1.165) is 11.5 Å². The van der Waals surface area contributed by atoms with Gasteiger partial charge in [0.15, 0.2) is 5.82 Å². The van der Waals surface area contributed by atoms with Gasteiger partial charge in [-0.1, -0.05) is 0 Å². The molecule has 0 spiro atoms. The van der Waals surface area contributed by atoms with E-state index in [4.69, 9.17) is 5.73 Å². The summed E-state index contributed by atoms with van der Waals surface area (Å²) >= 11 is 0. The molecule has 72 valence electrons. The summed E-state index contributed by atoms with van der Waals surface area (Å²) in [4.78, 5) is 9.60. The van der Waals surface area contributed by atoms with Crippen LogP contribution in [0.1, 0.15) is 20.8 Å². The summed E-state index contributed by atoms with van der Waals surface area (Å²) < 4.78 is 6.29. The maximum Gasteiger partial charge on any atom is 0.293 e. The normalized spacial score (nSPS) is 11.3. The Kier molecular flexibility index (Phi) is 2.27. The summed E-state index contributed by atoms with van der Waals surface area (Å²) in [5, 5.41) is 3.78. The molecule has 0 unspecified atom stereocenters. The summed E-state index contributed by atoms with van der Waals surface area (Å²) in [6.07, 6.45) is 1.79. The van der Waals surface area contributed by atoms with Crippen molar-refractivity contribution in [3.63, 3.8) is 0 Å². The SMILES string of the molecule is CC(C)(C)OC=O.Nc1cn2nc1-2. The van der Waals surface area contributed by atoms with Crippen LogP contribution >= 0.6 is 0 Å². The van der Waals surface area contributed by atoms with Crippen molar-refractivity contribution in [3.05, 3.63) is 6.20 Å². The molecule has 0 radical (unpaired) electrons. The number of nitrogen functional groups attached to an aromatic ring is 1. The highest BCUT2D eigenvalue weighted by molar-refractivity contribution is 5.61. The van der Waals surface area contributed by atoms with Crippen molar-refractivity contribution in [2.24, 2.45) is 0 Å². The van der Waals surface area contributed by atoms with Gasteiger partial charge in [-0.25, -0.2) is 4.68 Å². The first-order valence-electron chi connectivity index (χ1n) is 3.91. The first kappa shape index (κ1) is 9.57. The molecule has 0 saturated heterocycles. The van der Waals surface area contributed by atoms with Gasteiger partial charge in [0.1, 0.15) is 5.60 Å². The molecule has 0 aliphatic carbocycles. The molecule has 2 N–H and O–H groups in total. The molecule has 5 nitrogen and oxygen atoms in total. The van der Waals surface area contributed by atoms with Crippen LogP contribution in [0.2, 0.25) is 0 Å². The molecular weight excluding hydrogens is 170 g/mol. The number of aromatic nitrogens is 2. The average Bonchev–Trinajstić information content (AvgIpc) is 2.59. The third-order valence-corrected chi connectivity index (χ3v) is 1.30. The molecule has 2 aliphatic rings. The lowest BCUT2D eigenvalue weighted by atomic mass is 10.2. The Morgan fingerprint density at radius 1 is 1.62 bits per heavy atom. The number of hydrogen-bond donors (Lipinski definition) is 1. The van der Waals surface area contributed by atoms with E-state index in [0.29, 0.717) is 6.47 Å². The van der Waals surface area contributed by atoms with Gasteiger partial charge in [-0.3, -0.25) is 4.79 Å². The predicted octanol–water partition coefficient (Wildman–Crippen LogP) is 0.726. The number of carbonyl (C=O) groups excluding carboxylic acids is 1. The molecule has 2 rings (SSSR count). The minimum absolute atomic E-state index is 0.318. The van der Waals surface area contributed by atoms with Crippen molar-refractivity contribution in [1.29, 1.82) is 0 Å². The molecule has 2 heterocycles. The van der Waals surface area contributed by atoms with Gasteiger partial charge in [0, 0.05) is 0 Å². The molecule has 0 aromatic rings. The fraction of sp³-hybridized carbons (Fsp3) is 0.500. The van der Waals surface area contributed by atoms with Crippen LogP contribution in [0.3, 0.4) is 0 Å². The van der Waals surface area contributed by atoms with Gasteiger partial charge in [0.2, 0.25) is 0 Å². The standard InChI is InChI=1S/C5H10O2.C3H3N3/c1-5(2,3)7-4-6;4-2-1-6-3(2)5-6/h4H,1-3H3;1H,4H2. The van der Waals surface area contributed by atoms with E-state index in [1.807, 2.05) is 20.8 Å². The average molecular weight is 183 g/mol. The van der Waals surface area contributed by atoms with E-state index in [2.05, 4.69) is 9.84 Å². The second-order valence-corrected chi connectivity index (χ2v) is 3.68. The highest BCUT2D eigenvalue weighted by atomic mass is 16.5. The summed E-state index contributed by atoms with van der Waals surface area (Å²) in [5.74, 6) is 0.954. The Hall–Kier alpha value is -1.52. The minimum atomic E-state index is -0.318. The molecule has 0 atom stereocenters. The molecule has 2 aliphatic heterocycles. The fourth-order valence-electron chi connectivity index (χ4n) is 0.627. The number of fused-ring (bicyclic) bond motifs is 1. The highest BCUT2D eigenvalue weighted by Gasteiger charge is 2.20. The number of nitrogens with two attached hydrogens (primary N) is 1. The molecule has 0 bridgehead atoms. The summed E-state index contributed by atoms with van der Waals surface area (Å²) in [7, 11) is 0. The van der Waals surface area contributed by atoms with E-state index < -0.39 is 0 Å². The molecule has 0 aromatic heterocycles. The predicted molar refractivity (Wildman–Crippen MR) is 48.4 cm³/mol. The number of rotatable bonds is 1. The van der Waals surface area contributed by atoms with E-state index in [9.17, 15) is 4.79 Å². The van der Waals surface area contributed by atoms with Crippen LogP contribution in [0.25, 0.3) is 5.82 Å². The van der Waals surface area contributed by atoms with Crippen LogP contribution < -0.4 is 5.73 Å². The highest BCUT2D eigenvalue weighted by Crippen LogP contribution is 2.25. The Morgan fingerprint density at radius 3 is 2.23 bits per heavy atom. The summed E-state index contributed by atoms with van der Waals surface area (Å²) in [5.41, 5.74) is 5.75. The molecule has 0 aromatic carbocycles. The number of ether oxygens (including phenoxy) is 1. The largest absolute Gasteiger partial charge is 0.462 e. The van der Waals surface area contributed by atoms with Crippen molar-refractivity contribution >= 4 is 12.2 Å². The van der Waals surface area contributed by atoms with Crippen LogP contribution in [0.15, 0.2) is 6.20 Å². The Balaban J connectivity index is 0.000000130. The Bertz CT molecular complexity index is 312. The van der Waals surface area contributed by atoms with Gasteiger partial charge in [0.25, 0.3) is 6.47 Å². The van der Waals surface area contributed by atoms with Crippen LogP contribution in [0.5, 0.6) is 0 Å². The van der Waals surface area contributed by atoms with E-state index in [1.54, 1.807) is 10.9 Å². The number of carbonyl (C=O) groups is 1. The van der Waals surface area contributed by atoms with Crippen LogP contribution in [0.4, 0.5) is 5.69 Å². The van der Waals surface area contributed by atoms with Crippen LogP contribution in [-0.4, -0.2) is 21.9 Å². The lowest BCUT2D eigenvalue weighted by Gasteiger charge is -2.14. The van der Waals surface area contributed by atoms with Crippen molar-refractivity contribution < 1.29 is 9.53 Å². The molecule has 0 amide bonds. The lowest BCUT2D eigenvalue weighted by Crippen LogP contribution is -2.17. The van der Waals surface area contributed by atoms with E-state index >= 15 is 0 Å². The quantitative estimate of drug-likeness (QED) is 0.661. The summed E-state index contributed by atoms with van der Waals surface area (Å²) in [6.45, 7) is 5.92. The van der Waals surface area contributed by atoms with E-state index in [1.165, 1.54) is 0 Å². The third kappa shape index (κ3) is 2.77. The summed E-state index contributed by atoms with van der Waals surface area (Å²) in [6, 6.07) is 0. The van der Waals surface area contributed by atoms with Crippen molar-refractivity contribution in [2.75, 3.05) is 5.73 Å². The first-order valence-corrected chi connectivity index (χ1v) is 3.91. The maximum absolute atomic E-state index is 9.60. The van der Waals surface area contributed by atoms with Crippen LogP contribution in [-0.2, 0) is 9.53 Å². The van der Waals surface area contributed by atoms with Crippen molar-refractivity contribution in [2.45, 2.75) is 26.4 Å². The third-order valence-electron chi connectivity index (χ3n) is 1.30. The van der Waals surface area contributed by atoms with Gasteiger partial charge in [0.05, 0.1) is 11.9 Å². The zero-order valence-corrected chi connectivity index (χ0v) is 7.94. The van der Waals surface area contributed by atoms with Gasteiger partial charge < -0.3 is 10.5 Å². The maximum atomic E-state index is 9.60. The smallest absolute Gasteiger partial charge is 0.293 e. The molecular formula is C8H13N3O2. The Morgan fingerprint density at radius 2 is 2.23 bits per heavy atom. The minimum Gasteiger partial charge on any atom is -0.462 e. The number of anilines is 1. The van der Waals surface area contributed by atoms with Gasteiger partial charge in [-0.15, -0.1) is 5.10 Å². The zero-order valence-electron chi connectivity index (χ0n) is 7.94. The second kappa shape index (κ2) is 3.08. The number of nitrogens with zero attached hydrogens (tertiary/aromatic N) is 2. The van der Waals surface area contributed by atoms with E-state index in [-0.39, 0.29) is 5.60 Å². The number of hydrogen-bond acceptors (Lipinski definition) is 4.